The number of rotatable bonds is 4. The van der Waals surface area contributed by atoms with Gasteiger partial charge in [-0.2, -0.15) is 5.26 Å². The van der Waals surface area contributed by atoms with Gasteiger partial charge in [0, 0.05) is 17.7 Å². The van der Waals surface area contributed by atoms with E-state index >= 15 is 0 Å². The summed E-state index contributed by atoms with van der Waals surface area (Å²) in [4.78, 5) is 0. The molecule has 0 fully saturated rings. The Hall–Kier alpha value is -2.31. The molecule has 0 saturated heterocycles. The molecule has 2 rings (SSSR count). The van der Waals surface area contributed by atoms with E-state index in [0.29, 0.717) is 18.7 Å². The molecule has 0 spiro atoms. The third-order valence-corrected chi connectivity index (χ3v) is 2.71. The minimum absolute atomic E-state index is 0.376. The average molecular weight is 238 g/mol. The Labute approximate surface area is 106 Å². The van der Waals surface area contributed by atoms with Gasteiger partial charge in [-0.05, 0) is 12.1 Å². The predicted molar refractivity (Wildman–Crippen MR) is 69.8 cm³/mol. The Bertz CT molecular complexity index is 573. The second kappa shape index (κ2) is 5.85. The summed E-state index contributed by atoms with van der Waals surface area (Å²) in [5, 5.41) is 8.99. The third-order valence-electron chi connectivity index (χ3n) is 2.71. The van der Waals surface area contributed by atoms with Gasteiger partial charge >= 0.3 is 0 Å². The Morgan fingerprint density at radius 3 is 2.39 bits per heavy atom. The molecule has 2 aromatic carbocycles. The van der Waals surface area contributed by atoms with Crippen molar-refractivity contribution in [3.8, 4) is 11.8 Å². The van der Waals surface area contributed by atoms with E-state index in [1.807, 2.05) is 42.5 Å². The minimum atomic E-state index is 0.376. The van der Waals surface area contributed by atoms with Crippen LogP contribution in [-0.2, 0) is 13.2 Å². The summed E-state index contributed by atoms with van der Waals surface area (Å²) in [5.41, 5.74) is 8.13. The van der Waals surface area contributed by atoms with E-state index in [-0.39, 0.29) is 0 Å². The quantitative estimate of drug-likeness (QED) is 0.890. The number of nitrogens with two attached hydrogens (primary N) is 1. The zero-order valence-electron chi connectivity index (χ0n) is 9.97. The first kappa shape index (κ1) is 12.2. The van der Waals surface area contributed by atoms with Crippen LogP contribution in [0.4, 0.5) is 0 Å². The molecule has 2 N–H and O–H groups in total. The molecule has 0 saturated carbocycles. The molecule has 18 heavy (non-hydrogen) atoms. The summed E-state index contributed by atoms with van der Waals surface area (Å²) < 4.78 is 5.73. The Morgan fingerprint density at radius 1 is 1.00 bits per heavy atom. The smallest absolute Gasteiger partial charge is 0.124 e. The number of hydrogen-bond acceptors (Lipinski definition) is 3. The van der Waals surface area contributed by atoms with Gasteiger partial charge < -0.3 is 10.5 Å². The van der Waals surface area contributed by atoms with Gasteiger partial charge in [0.25, 0.3) is 0 Å². The van der Waals surface area contributed by atoms with Crippen molar-refractivity contribution in [2.75, 3.05) is 0 Å². The molecule has 0 aliphatic carbocycles. The summed E-state index contributed by atoms with van der Waals surface area (Å²) in [6, 6.07) is 17.2. The molecule has 0 unspecified atom stereocenters. The number of nitriles is 1. The molecule has 0 atom stereocenters. The fourth-order valence-electron chi connectivity index (χ4n) is 1.72. The van der Waals surface area contributed by atoms with Gasteiger partial charge in [0.15, 0.2) is 0 Å². The molecule has 0 heterocycles. The molecule has 0 aliphatic rings. The van der Waals surface area contributed by atoms with Crippen molar-refractivity contribution >= 4 is 0 Å². The van der Waals surface area contributed by atoms with E-state index in [4.69, 9.17) is 15.7 Å². The van der Waals surface area contributed by atoms with E-state index in [1.54, 1.807) is 6.07 Å². The fourth-order valence-corrected chi connectivity index (χ4v) is 1.72. The lowest BCUT2D eigenvalue weighted by atomic mass is 10.1. The molecule has 0 aromatic heterocycles. The average Bonchev–Trinajstić information content (AvgIpc) is 2.45. The van der Waals surface area contributed by atoms with E-state index in [1.165, 1.54) is 0 Å². The van der Waals surface area contributed by atoms with Gasteiger partial charge in [-0.3, -0.25) is 0 Å². The molecule has 0 aliphatic heterocycles. The summed E-state index contributed by atoms with van der Waals surface area (Å²) in [5.74, 6) is 0.771. The first-order valence-corrected chi connectivity index (χ1v) is 5.74. The van der Waals surface area contributed by atoms with Crippen molar-refractivity contribution in [2.24, 2.45) is 5.73 Å². The lowest BCUT2D eigenvalue weighted by Crippen LogP contribution is -2.03. The second-order valence-corrected chi connectivity index (χ2v) is 3.87. The molecule has 0 radical (unpaired) electrons. The van der Waals surface area contributed by atoms with Gasteiger partial charge in [-0.25, -0.2) is 0 Å². The van der Waals surface area contributed by atoms with Crippen molar-refractivity contribution in [1.82, 2.24) is 0 Å². The highest BCUT2D eigenvalue weighted by molar-refractivity contribution is 5.38. The van der Waals surface area contributed by atoms with E-state index in [0.717, 1.165) is 16.9 Å². The van der Waals surface area contributed by atoms with Gasteiger partial charge in [0.1, 0.15) is 12.4 Å². The third kappa shape index (κ3) is 2.68. The van der Waals surface area contributed by atoms with E-state index < -0.39 is 0 Å². The van der Waals surface area contributed by atoms with Crippen molar-refractivity contribution < 1.29 is 4.74 Å². The Morgan fingerprint density at radius 2 is 1.67 bits per heavy atom. The maximum atomic E-state index is 8.99. The van der Waals surface area contributed by atoms with Crippen LogP contribution in [0.3, 0.4) is 0 Å². The zero-order valence-corrected chi connectivity index (χ0v) is 9.97. The van der Waals surface area contributed by atoms with Crippen LogP contribution < -0.4 is 10.5 Å². The van der Waals surface area contributed by atoms with Crippen LogP contribution in [0.15, 0.2) is 48.5 Å². The summed E-state index contributed by atoms with van der Waals surface area (Å²) >= 11 is 0. The van der Waals surface area contributed by atoms with Crippen molar-refractivity contribution in [1.29, 1.82) is 5.26 Å². The molecule has 3 nitrogen and oxygen atoms in total. The monoisotopic (exact) mass is 238 g/mol. The molecule has 2 aromatic rings. The zero-order chi connectivity index (χ0) is 12.8. The standard InChI is InChI=1S/C15H14N2O/c16-9-12-5-1-2-7-14(12)11-18-15-8-4-3-6-13(15)10-17/h1-8H,10-11,17H2. The molecule has 90 valence electrons. The predicted octanol–water partition coefficient (Wildman–Crippen LogP) is 2.60. The SMILES string of the molecule is N#Cc1ccccc1COc1ccccc1CN. The van der Waals surface area contributed by atoms with Gasteiger partial charge in [0.05, 0.1) is 11.6 Å². The lowest BCUT2D eigenvalue weighted by Gasteiger charge is -2.10. The second-order valence-electron chi connectivity index (χ2n) is 3.87. The number of benzene rings is 2. The molecular weight excluding hydrogens is 224 g/mol. The van der Waals surface area contributed by atoms with Crippen molar-refractivity contribution in [2.45, 2.75) is 13.2 Å². The molecule has 3 heteroatoms. The molecular formula is C15H14N2O. The summed E-state index contributed by atoms with van der Waals surface area (Å²) in [6.07, 6.45) is 0. The number of nitrogens with zero attached hydrogens (tertiary/aromatic N) is 1. The number of para-hydroxylation sites is 1. The van der Waals surface area contributed by atoms with Crippen LogP contribution in [0.25, 0.3) is 0 Å². The Balaban J connectivity index is 2.14. The Kier molecular flexibility index (Phi) is 3.95. The highest BCUT2D eigenvalue weighted by Gasteiger charge is 2.04. The minimum Gasteiger partial charge on any atom is -0.489 e. The normalized spacial score (nSPS) is 9.78. The number of hydrogen-bond donors (Lipinski definition) is 1. The van der Waals surface area contributed by atoms with Crippen LogP contribution in [0.2, 0.25) is 0 Å². The van der Waals surface area contributed by atoms with Gasteiger partial charge in [-0.15, -0.1) is 0 Å². The first-order chi connectivity index (χ1) is 8.85. The van der Waals surface area contributed by atoms with Crippen LogP contribution in [0.1, 0.15) is 16.7 Å². The van der Waals surface area contributed by atoms with Crippen LogP contribution >= 0.6 is 0 Å². The molecule has 0 bridgehead atoms. The maximum absolute atomic E-state index is 8.99. The number of ether oxygens (including phenoxy) is 1. The summed E-state index contributed by atoms with van der Waals surface area (Å²) in [6.45, 7) is 0.816. The molecule has 0 amide bonds. The topological polar surface area (TPSA) is 59.0 Å². The van der Waals surface area contributed by atoms with Crippen LogP contribution in [0, 0.1) is 11.3 Å². The van der Waals surface area contributed by atoms with Gasteiger partial charge in [0.2, 0.25) is 0 Å². The highest BCUT2D eigenvalue weighted by Crippen LogP contribution is 2.19. The summed E-state index contributed by atoms with van der Waals surface area (Å²) in [7, 11) is 0. The lowest BCUT2D eigenvalue weighted by molar-refractivity contribution is 0.302. The first-order valence-electron chi connectivity index (χ1n) is 5.74. The van der Waals surface area contributed by atoms with Crippen LogP contribution in [0.5, 0.6) is 5.75 Å². The van der Waals surface area contributed by atoms with Gasteiger partial charge in [-0.1, -0.05) is 36.4 Å². The van der Waals surface area contributed by atoms with E-state index in [9.17, 15) is 0 Å². The van der Waals surface area contributed by atoms with E-state index in [2.05, 4.69) is 6.07 Å². The maximum Gasteiger partial charge on any atom is 0.124 e. The fraction of sp³-hybridized carbons (Fsp3) is 0.133. The van der Waals surface area contributed by atoms with Crippen molar-refractivity contribution in [3.63, 3.8) is 0 Å². The largest absolute Gasteiger partial charge is 0.489 e. The van der Waals surface area contributed by atoms with Crippen LogP contribution in [-0.4, -0.2) is 0 Å². The van der Waals surface area contributed by atoms with Crippen molar-refractivity contribution in [3.05, 3.63) is 65.2 Å². The highest BCUT2D eigenvalue weighted by atomic mass is 16.5.